The van der Waals surface area contributed by atoms with Crippen LogP contribution < -0.4 is 5.32 Å². The highest BCUT2D eigenvalue weighted by Crippen LogP contribution is 2.25. The molecule has 0 radical (unpaired) electrons. The first-order valence-corrected chi connectivity index (χ1v) is 10.2. The van der Waals surface area contributed by atoms with Crippen LogP contribution in [0.2, 0.25) is 0 Å². The molecule has 4 nitrogen and oxygen atoms in total. The third-order valence-corrected chi connectivity index (χ3v) is 6.00. The molecule has 0 saturated carbocycles. The number of hydrogen-bond donors (Lipinski definition) is 1. The number of pyridine rings is 1. The lowest BCUT2D eigenvalue weighted by Crippen LogP contribution is -2.48. The van der Waals surface area contributed by atoms with Crippen LogP contribution in [0.3, 0.4) is 0 Å². The first-order valence-electron chi connectivity index (χ1n) is 10.2. The molecule has 0 unspecified atom stereocenters. The van der Waals surface area contributed by atoms with Crippen LogP contribution in [-0.4, -0.2) is 54.8 Å². The van der Waals surface area contributed by atoms with E-state index in [9.17, 15) is 0 Å². The molecular formula is C22H31N3O. The zero-order valence-electron chi connectivity index (χ0n) is 15.9. The van der Waals surface area contributed by atoms with Crippen molar-refractivity contribution in [3.63, 3.8) is 0 Å². The van der Waals surface area contributed by atoms with Gasteiger partial charge in [0.05, 0.1) is 18.7 Å². The zero-order chi connectivity index (χ0) is 17.8. The van der Waals surface area contributed by atoms with Gasteiger partial charge in [-0.3, -0.25) is 4.98 Å². The highest BCUT2D eigenvalue weighted by molar-refractivity contribution is 5.81. The van der Waals surface area contributed by atoms with E-state index in [0.717, 1.165) is 25.2 Å². The molecule has 4 rings (SSSR count). The Morgan fingerprint density at radius 3 is 2.85 bits per heavy atom. The van der Waals surface area contributed by atoms with Crippen molar-refractivity contribution in [2.45, 2.75) is 44.7 Å². The minimum atomic E-state index is 0.477. The monoisotopic (exact) mass is 353 g/mol. The third-order valence-electron chi connectivity index (χ3n) is 6.00. The Kier molecular flexibility index (Phi) is 5.83. The van der Waals surface area contributed by atoms with E-state index < -0.39 is 0 Å². The molecule has 26 heavy (non-hydrogen) atoms. The SMILES string of the molecule is CCCN1CCC(N[C@@H]2COC[C@H]2Cc2ccnc3ccccc23)CC1. The lowest BCUT2D eigenvalue weighted by Gasteiger charge is -2.34. The summed E-state index contributed by atoms with van der Waals surface area (Å²) in [6.07, 6.45) is 6.80. The van der Waals surface area contributed by atoms with E-state index in [1.165, 1.54) is 49.8 Å². The van der Waals surface area contributed by atoms with E-state index in [4.69, 9.17) is 4.74 Å². The minimum Gasteiger partial charge on any atom is -0.379 e. The van der Waals surface area contributed by atoms with Crippen molar-refractivity contribution < 1.29 is 4.74 Å². The topological polar surface area (TPSA) is 37.4 Å². The average Bonchev–Trinajstić information content (AvgIpc) is 3.11. The molecule has 0 bridgehead atoms. The fourth-order valence-corrected chi connectivity index (χ4v) is 4.54. The molecule has 0 spiro atoms. The Morgan fingerprint density at radius 2 is 2.00 bits per heavy atom. The lowest BCUT2D eigenvalue weighted by molar-refractivity contribution is 0.170. The molecule has 2 aliphatic rings. The maximum Gasteiger partial charge on any atom is 0.0704 e. The molecule has 1 N–H and O–H groups in total. The second-order valence-corrected chi connectivity index (χ2v) is 7.88. The van der Waals surface area contributed by atoms with E-state index in [-0.39, 0.29) is 0 Å². The minimum absolute atomic E-state index is 0.477. The molecule has 1 aromatic heterocycles. The summed E-state index contributed by atoms with van der Waals surface area (Å²) in [5.41, 5.74) is 2.49. The van der Waals surface area contributed by atoms with Gasteiger partial charge < -0.3 is 15.0 Å². The average molecular weight is 354 g/mol. The molecule has 4 heteroatoms. The van der Waals surface area contributed by atoms with Gasteiger partial charge in [0.15, 0.2) is 0 Å². The molecular weight excluding hydrogens is 322 g/mol. The number of nitrogens with one attached hydrogen (secondary N) is 1. The molecule has 1 aromatic carbocycles. The number of para-hydroxylation sites is 1. The van der Waals surface area contributed by atoms with Crippen LogP contribution >= 0.6 is 0 Å². The number of hydrogen-bond acceptors (Lipinski definition) is 4. The molecule has 3 heterocycles. The summed E-state index contributed by atoms with van der Waals surface area (Å²) in [5.74, 6) is 0.550. The van der Waals surface area contributed by atoms with E-state index in [1.54, 1.807) is 0 Å². The Hall–Kier alpha value is -1.49. The standard InChI is InChI=1S/C22H31N3O/c1-2-11-25-12-8-19(9-13-25)24-22-16-26-15-18(22)14-17-7-10-23-21-6-4-3-5-20(17)21/h3-7,10,18-19,22,24H,2,8-9,11-16H2,1H3/t18-,22-/m1/s1. The number of fused-ring (bicyclic) bond motifs is 1. The Bertz CT molecular complexity index is 706. The van der Waals surface area contributed by atoms with Crippen LogP contribution in [0.4, 0.5) is 0 Å². The first kappa shape index (κ1) is 17.9. The predicted octanol–water partition coefficient (Wildman–Crippen LogP) is 3.26. The molecule has 2 saturated heterocycles. The number of piperidine rings is 1. The van der Waals surface area contributed by atoms with Gasteiger partial charge in [0, 0.05) is 29.6 Å². The predicted molar refractivity (Wildman–Crippen MR) is 106 cm³/mol. The summed E-state index contributed by atoms with van der Waals surface area (Å²) in [6, 6.07) is 11.8. The van der Waals surface area contributed by atoms with Gasteiger partial charge in [-0.2, -0.15) is 0 Å². The smallest absolute Gasteiger partial charge is 0.0704 e. The van der Waals surface area contributed by atoms with E-state index >= 15 is 0 Å². The highest BCUT2D eigenvalue weighted by Gasteiger charge is 2.31. The second-order valence-electron chi connectivity index (χ2n) is 7.88. The van der Waals surface area contributed by atoms with Gasteiger partial charge in [-0.1, -0.05) is 25.1 Å². The Morgan fingerprint density at radius 1 is 1.15 bits per heavy atom. The second kappa shape index (κ2) is 8.47. The van der Waals surface area contributed by atoms with Crippen LogP contribution in [-0.2, 0) is 11.2 Å². The zero-order valence-corrected chi connectivity index (χ0v) is 15.9. The van der Waals surface area contributed by atoms with Gasteiger partial charge >= 0.3 is 0 Å². The molecule has 2 fully saturated rings. The van der Waals surface area contributed by atoms with Gasteiger partial charge in [0.25, 0.3) is 0 Å². The molecule has 0 aliphatic carbocycles. The van der Waals surface area contributed by atoms with Crippen LogP contribution in [0.15, 0.2) is 36.5 Å². The maximum absolute atomic E-state index is 5.87. The molecule has 0 amide bonds. The number of benzene rings is 1. The molecule has 2 aliphatic heterocycles. The largest absolute Gasteiger partial charge is 0.379 e. The van der Waals surface area contributed by atoms with Crippen LogP contribution in [0, 0.1) is 5.92 Å². The summed E-state index contributed by atoms with van der Waals surface area (Å²) in [5, 5.41) is 5.22. The van der Waals surface area contributed by atoms with Gasteiger partial charge in [-0.05, 0) is 63.0 Å². The van der Waals surface area contributed by atoms with Crippen molar-refractivity contribution in [2.24, 2.45) is 5.92 Å². The van der Waals surface area contributed by atoms with Crippen LogP contribution in [0.25, 0.3) is 10.9 Å². The number of nitrogens with zero attached hydrogens (tertiary/aromatic N) is 2. The van der Waals surface area contributed by atoms with Crippen molar-refractivity contribution in [2.75, 3.05) is 32.8 Å². The number of rotatable bonds is 6. The van der Waals surface area contributed by atoms with E-state index in [2.05, 4.69) is 52.5 Å². The fraction of sp³-hybridized carbons (Fsp3) is 0.591. The molecule has 2 aromatic rings. The first-order chi connectivity index (χ1) is 12.8. The normalized spacial score (nSPS) is 25.1. The number of ether oxygens (including phenoxy) is 1. The van der Waals surface area contributed by atoms with E-state index in [1.807, 2.05) is 6.20 Å². The summed E-state index contributed by atoms with van der Waals surface area (Å²) in [6.45, 7) is 7.70. The summed E-state index contributed by atoms with van der Waals surface area (Å²) >= 11 is 0. The Balaban J connectivity index is 1.38. The molecule has 2 atom stereocenters. The third kappa shape index (κ3) is 4.08. The lowest BCUT2D eigenvalue weighted by atomic mass is 9.92. The maximum atomic E-state index is 5.87. The van der Waals surface area contributed by atoms with Gasteiger partial charge in [0.1, 0.15) is 0 Å². The van der Waals surface area contributed by atoms with Crippen molar-refractivity contribution >= 4 is 10.9 Å². The van der Waals surface area contributed by atoms with Crippen LogP contribution in [0.5, 0.6) is 0 Å². The van der Waals surface area contributed by atoms with Gasteiger partial charge in [-0.15, -0.1) is 0 Å². The van der Waals surface area contributed by atoms with Crippen molar-refractivity contribution in [1.29, 1.82) is 0 Å². The highest BCUT2D eigenvalue weighted by atomic mass is 16.5. The summed E-state index contributed by atoms with van der Waals surface area (Å²) < 4.78 is 5.87. The van der Waals surface area contributed by atoms with Crippen molar-refractivity contribution in [3.8, 4) is 0 Å². The quantitative estimate of drug-likeness (QED) is 0.865. The van der Waals surface area contributed by atoms with Gasteiger partial charge in [-0.25, -0.2) is 0 Å². The summed E-state index contributed by atoms with van der Waals surface area (Å²) in [4.78, 5) is 7.10. The number of aromatic nitrogens is 1. The van der Waals surface area contributed by atoms with E-state index in [0.29, 0.717) is 18.0 Å². The van der Waals surface area contributed by atoms with Crippen molar-refractivity contribution in [3.05, 3.63) is 42.1 Å². The van der Waals surface area contributed by atoms with Crippen LogP contribution in [0.1, 0.15) is 31.7 Å². The molecule has 140 valence electrons. The summed E-state index contributed by atoms with van der Waals surface area (Å²) in [7, 11) is 0. The van der Waals surface area contributed by atoms with Gasteiger partial charge in [0.2, 0.25) is 0 Å². The van der Waals surface area contributed by atoms with Crippen molar-refractivity contribution in [1.82, 2.24) is 15.2 Å². The number of likely N-dealkylation sites (tertiary alicyclic amines) is 1. The Labute approximate surface area is 156 Å². The fourth-order valence-electron chi connectivity index (χ4n) is 4.54.